The second-order valence-corrected chi connectivity index (χ2v) is 5.46. The zero-order valence-electron chi connectivity index (χ0n) is 10.7. The molecule has 1 aromatic rings. The Labute approximate surface area is 114 Å². The van der Waals surface area contributed by atoms with Crippen molar-refractivity contribution in [3.05, 3.63) is 46.0 Å². The Kier molecular flexibility index (Phi) is 3.16. The number of anilines is 1. The van der Waals surface area contributed by atoms with E-state index in [1.54, 1.807) is 0 Å². The molecule has 106 valence electrons. The third-order valence-corrected chi connectivity index (χ3v) is 4.19. The number of hydrogen-bond acceptors (Lipinski definition) is 3. The van der Waals surface area contributed by atoms with Crippen molar-refractivity contribution in [3.63, 3.8) is 0 Å². The highest BCUT2D eigenvalue weighted by atomic mass is 19.1. The zero-order chi connectivity index (χ0) is 14.3. The maximum atomic E-state index is 13.7. The summed E-state index contributed by atoms with van der Waals surface area (Å²) in [6.45, 7) is 0.467. The summed E-state index contributed by atoms with van der Waals surface area (Å²) in [6.07, 6.45) is 6.49. The van der Waals surface area contributed by atoms with Crippen LogP contribution in [0.5, 0.6) is 0 Å². The Morgan fingerprint density at radius 1 is 1.30 bits per heavy atom. The number of benzene rings is 1. The Morgan fingerprint density at radius 2 is 2.10 bits per heavy atom. The number of nitro benzene ring substituents is 1. The third kappa shape index (κ3) is 2.26. The summed E-state index contributed by atoms with van der Waals surface area (Å²) in [7, 11) is 0. The van der Waals surface area contributed by atoms with Crippen molar-refractivity contribution >= 4 is 11.4 Å². The molecule has 2 aliphatic carbocycles. The number of allylic oxidation sites excluding steroid dienone is 2. The van der Waals surface area contributed by atoms with E-state index in [4.69, 9.17) is 0 Å². The van der Waals surface area contributed by atoms with E-state index in [-0.39, 0.29) is 5.69 Å². The lowest BCUT2D eigenvalue weighted by atomic mass is 9.93. The van der Waals surface area contributed by atoms with Crippen LogP contribution in [0.4, 0.5) is 20.2 Å². The van der Waals surface area contributed by atoms with Gasteiger partial charge < -0.3 is 5.32 Å². The summed E-state index contributed by atoms with van der Waals surface area (Å²) in [5, 5.41) is 13.7. The van der Waals surface area contributed by atoms with Gasteiger partial charge in [0.05, 0.1) is 11.0 Å². The van der Waals surface area contributed by atoms with Gasteiger partial charge in [-0.25, -0.2) is 8.78 Å². The lowest BCUT2D eigenvalue weighted by molar-refractivity contribution is -0.384. The van der Waals surface area contributed by atoms with Gasteiger partial charge >= 0.3 is 0 Å². The maximum Gasteiger partial charge on any atom is 0.298 e. The van der Waals surface area contributed by atoms with Crippen molar-refractivity contribution < 1.29 is 13.7 Å². The van der Waals surface area contributed by atoms with Crippen LogP contribution in [0, 0.1) is 39.5 Å². The second kappa shape index (κ2) is 4.85. The van der Waals surface area contributed by atoms with Gasteiger partial charge in [0.15, 0.2) is 5.82 Å². The van der Waals surface area contributed by atoms with Crippen LogP contribution in [0.25, 0.3) is 0 Å². The van der Waals surface area contributed by atoms with Gasteiger partial charge in [0.25, 0.3) is 5.69 Å². The first kappa shape index (κ1) is 13.0. The molecule has 0 aliphatic heterocycles. The average molecular weight is 280 g/mol. The molecule has 1 N–H and O–H groups in total. The number of nitrogens with one attached hydrogen (secondary N) is 1. The smallest absolute Gasteiger partial charge is 0.298 e. The standard InChI is InChI=1S/C14H14F2N2O2/c15-11-5-12(16)14(13(6-11)18(19)20)17-7-10-4-8-1-2-9(10)3-8/h1-2,5-6,8-10,17H,3-4,7H2. The van der Waals surface area contributed by atoms with E-state index in [0.717, 1.165) is 18.9 Å². The van der Waals surface area contributed by atoms with Crippen molar-refractivity contribution in [3.8, 4) is 0 Å². The highest BCUT2D eigenvalue weighted by molar-refractivity contribution is 5.62. The summed E-state index contributed by atoms with van der Waals surface area (Å²) in [6, 6.07) is 1.40. The number of nitro groups is 1. The number of hydrogen-bond donors (Lipinski definition) is 1. The highest BCUT2D eigenvalue weighted by Gasteiger charge is 2.35. The molecule has 1 aromatic carbocycles. The Bertz CT molecular complexity index is 589. The largest absolute Gasteiger partial charge is 0.377 e. The first-order chi connectivity index (χ1) is 9.54. The lowest BCUT2D eigenvalue weighted by Crippen LogP contribution is -2.19. The number of nitrogens with zero attached hydrogens (tertiary/aromatic N) is 1. The molecule has 0 aromatic heterocycles. The van der Waals surface area contributed by atoms with E-state index in [1.807, 2.05) is 0 Å². The van der Waals surface area contributed by atoms with Gasteiger partial charge in [0.1, 0.15) is 11.5 Å². The normalized spacial score (nSPS) is 27.0. The van der Waals surface area contributed by atoms with E-state index < -0.39 is 22.2 Å². The van der Waals surface area contributed by atoms with Gasteiger partial charge in [-0.05, 0) is 30.6 Å². The SMILES string of the molecule is O=[N+]([O-])c1cc(F)cc(F)c1NCC1CC2C=CC1C2. The highest BCUT2D eigenvalue weighted by Crippen LogP contribution is 2.43. The van der Waals surface area contributed by atoms with Crippen LogP contribution >= 0.6 is 0 Å². The Morgan fingerprint density at radius 3 is 2.70 bits per heavy atom. The molecule has 0 amide bonds. The first-order valence-electron chi connectivity index (χ1n) is 6.60. The minimum absolute atomic E-state index is 0.219. The van der Waals surface area contributed by atoms with E-state index in [1.165, 1.54) is 0 Å². The second-order valence-electron chi connectivity index (χ2n) is 5.46. The fourth-order valence-corrected chi connectivity index (χ4v) is 3.24. The molecule has 20 heavy (non-hydrogen) atoms. The van der Waals surface area contributed by atoms with E-state index in [9.17, 15) is 18.9 Å². The van der Waals surface area contributed by atoms with Crippen LogP contribution < -0.4 is 5.32 Å². The van der Waals surface area contributed by atoms with Gasteiger partial charge in [0, 0.05) is 12.6 Å². The van der Waals surface area contributed by atoms with Crippen molar-refractivity contribution in [2.45, 2.75) is 12.8 Å². The predicted octanol–water partition coefficient (Wildman–Crippen LogP) is 3.50. The molecule has 6 heteroatoms. The van der Waals surface area contributed by atoms with Crippen LogP contribution in [-0.2, 0) is 0 Å². The summed E-state index contributed by atoms with van der Waals surface area (Å²) < 4.78 is 26.8. The van der Waals surface area contributed by atoms with Gasteiger partial charge in [-0.3, -0.25) is 10.1 Å². The topological polar surface area (TPSA) is 55.2 Å². The fourth-order valence-electron chi connectivity index (χ4n) is 3.24. The monoisotopic (exact) mass is 280 g/mol. The number of fused-ring (bicyclic) bond motifs is 2. The van der Waals surface area contributed by atoms with Crippen molar-refractivity contribution in [2.75, 3.05) is 11.9 Å². The van der Waals surface area contributed by atoms with Crippen LogP contribution in [0.3, 0.4) is 0 Å². The van der Waals surface area contributed by atoms with Gasteiger partial charge in [-0.15, -0.1) is 0 Å². The van der Waals surface area contributed by atoms with E-state index >= 15 is 0 Å². The molecule has 2 bridgehead atoms. The van der Waals surface area contributed by atoms with Gasteiger partial charge in [-0.1, -0.05) is 12.2 Å². The molecule has 0 saturated heterocycles. The quantitative estimate of drug-likeness (QED) is 0.521. The van der Waals surface area contributed by atoms with Gasteiger partial charge in [-0.2, -0.15) is 0 Å². The number of halogens is 2. The fraction of sp³-hybridized carbons (Fsp3) is 0.429. The minimum Gasteiger partial charge on any atom is -0.377 e. The zero-order valence-corrected chi connectivity index (χ0v) is 10.7. The molecular weight excluding hydrogens is 266 g/mol. The molecule has 2 aliphatic rings. The first-order valence-corrected chi connectivity index (χ1v) is 6.60. The van der Waals surface area contributed by atoms with Crippen LogP contribution in [0.1, 0.15) is 12.8 Å². The third-order valence-electron chi connectivity index (χ3n) is 4.19. The predicted molar refractivity (Wildman–Crippen MR) is 70.3 cm³/mol. The molecule has 0 heterocycles. The van der Waals surface area contributed by atoms with Crippen molar-refractivity contribution in [1.82, 2.24) is 0 Å². The number of rotatable bonds is 4. The molecule has 3 rings (SSSR count). The molecule has 4 nitrogen and oxygen atoms in total. The summed E-state index contributed by atoms with van der Waals surface area (Å²) in [4.78, 5) is 10.1. The Hall–Kier alpha value is -1.98. The molecule has 1 saturated carbocycles. The molecule has 3 unspecified atom stereocenters. The molecule has 0 spiro atoms. The summed E-state index contributed by atoms with van der Waals surface area (Å²) in [5.41, 5.74) is -0.774. The van der Waals surface area contributed by atoms with E-state index in [0.29, 0.717) is 30.4 Å². The van der Waals surface area contributed by atoms with Crippen molar-refractivity contribution in [2.24, 2.45) is 17.8 Å². The van der Waals surface area contributed by atoms with Crippen LogP contribution in [-0.4, -0.2) is 11.5 Å². The molecule has 0 radical (unpaired) electrons. The summed E-state index contributed by atoms with van der Waals surface area (Å²) >= 11 is 0. The summed E-state index contributed by atoms with van der Waals surface area (Å²) in [5.74, 6) is -0.457. The van der Waals surface area contributed by atoms with Gasteiger partial charge in [0.2, 0.25) is 0 Å². The van der Waals surface area contributed by atoms with Crippen molar-refractivity contribution in [1.29, 1.82) is 0 Å². The molecular formula is C14H14F2N2O2. The Balaban J connectivity index is 1.77. The van der Waals surface area contributed by atoms with Crippen LogP contribution in [0.2, 0.25) is 0 Å². The van der Waals surface area contributed by atoms with Crippen LogP contribution in [0.15, 0.2) is 24.3 Å². The maximum absolute atomic E-state index is 13.7. The minimum atomic E-state index is -0.942. The lowest BCUT2D eigenvalue weighted by Gasteiger charge is -2.19. The molecule has 1 fully saturated rings. The average Bonchev–Trinajstić information content (AvgIpc) is 2.98. The van der Waals surface area contributed by atoms with E-state index in [2.05, 4.69) is 17.5 Å². The molecule has 3 atom stereocenters.